The maximum atomic E-state index is 14.0. The second-order valence-electron chi connectivity index (χ2n) is 7.32. The van der Waals surface area contributed by atoms with E-state index in [1.54, 1.807) is 17.0 Å². The van der Waals surface area contributed by atoms with E-state index in [1.165, 1.54) is 11.1 Å². The topological polar surface area (TPSA) is 56.2 Å². The van der Waals surface area contributed by atoms with Gasteiger partial charge in [-0.15, -0.1) is 0 Å². The Hall–Kier alpha value is -3.22. The summed E-state index contributed by atoms with van der Waals surface area (Å²) in [5.41, 5.74) is 2.65. The molecule has 0 atom stereocenters. The highest BCUT2D eigenvalue weighted by Gasteiger charge is 2.30. The Morgan fingerprint density at radius 1 is 1.00 bits per heavy atom. The molecule has 29 heavy (non-hydrogen) atoms. The van der Waals surface area contributed by atoms with Gasteiger partial charge in [-0.3, -0.25) is 9.59 Å². The van der Waals surface area contributed by atoms with E-state index >= 15 is 0 Å². The van der Waals surface area contributed by atoms with E-state index in [9.17, 15) is 14.0 Å². The summed E-state index contributed by atoms with van der Waals surface area (Å²) in [5, 5.41) is 5.71. The first-order valence-corrected chi connectivity index (χ1v) is 9.79. The maximum Gasteiger partial charge on any atom is 0.270 e. The van der Waals surface area contributed by atoms with E-state index in [4.69, 9.17) is 0 Å². The van der Waals surface area contributed by atoms with E-state index in [-0.39, 0.29) is 24.1 Å². The van der Waals surface area contributed by atoms with Gasteiger partial charge in [0.15, 0.2) is 0 Å². The fraction of sp³-hybridized carbons (Fsp3) is 0.318. The minimum absolute atomic E-state index is 0.114. The van der Waals surface area contributed by atoms with Crippen LogP contribution in [0.15, 0.2) is 53.6 Å². The van der Waals surface area contributed by atoms with E-state index in [0.717, 1.165) is 5.56 Å². The number of halogens is 1. The molecule has 0 N–H and O–H groups in total. The van der Waals surface area contributed by atoms with Gasteiger partial charge in [0.2, 0.25) is 5.91 Å². The van der Waals surface area contributed by atoms with Crippen LogP contribution in [0, 0.1) is 12.7 Å². The largest absolute Gasteiger partial charge is 0.366 e. The number of hydrogen-bond donors (Lipinski definition) is 0. The van der Waals surface area contributed by atoms with Crippen LogP contribution in [-0.2, 0) is 9.59 Å². The van der Waals surface area contributed by atoms with Crippen molar-refractivity contribution >= 4 is 28.9 Å². The highest BCUT2D eigenvalue weighted by molar-refractivity contribution is 6.40. The van der Waals surface area contributed by atoms with Crippen LogP contribution in [0.3, 0.4) is 0 Å². The smallest absolute Gasteiger partial charge is 0.270 e. The van der Waals surface area contributed by atoms with Crippen LogP contribution in [0.5, 0.6) is 0 Å². The number of hydrazone groups is 1. The van der Waals surface area contributed by atoms with Gasteiger partial charge in [0.25, 0.3) is 5.91 Å². The molecule has 0 aromatic heterocycles. The van der Waals surface area contributed by atoms with Crippen LogP contribution in [0.25, 0.3) is 0 Å². The molecule has 2 heterocycles. The lowest BCUT2D eigenvalue weighted by Crippen LogP contribution is -2.51. The van der Waals surface area contributed by atoms with Gasteiger partial charge >= 0.3 is 0 Å². The monoisotopic (exact) mass is 394 g/mol. The Bertz CT molecular complexity index is 967. The number of carbonyl (C=O) groups excluding carboxylic acids is 2. The van der Waals surface area contributed by atoms with Crippen molar-refractivity contribution in [1.82, 2.24) is 4.90 Å². The molecule has 2 amide bonds. The van der Waals surface area contributed by atoms with Crippen molar-refractivity contribution in [2.75, 3.05) is 36.1 Å². The summed E-state index contributed by atoms with van der Waals surface area (Å²) in [6.07, 6.45) is 0.598. The van der Waals surface area contributed by atoms with Crippen LogP contribution >= 0.6 is 0 Å². The van der Waals surface area contributed by atoms with Crippen molar-refractivity contribution < 1.29 is 14.0 Å². The van der Waals surface area contributed by atoms with Crippen LogP contribution in [0.1, 0.15) is 18.4 Å². The van der Waals surface area contributed by atoms with Crippen LogP contribution in [0.2, 0.25) is 0 Å². The fourth-order valence-electron chi connectivity index (χ4n) is 3.71. The lowest BCUT2D eigenvalue weighted by molar-refractivity contribution is -0.124. The van der Waals surface area contributed by atoms with E-state index in [2.05, 4.69) is 5.10 Å². The van der Waals surface area contributed by atoms with E-state index < -0.39 is 0 Å². The molecule has 6 nitrogen and oxygen atoms in total. The zero-order valence-corrected chi connectivity index (χ0v) is 16.3. The summed E-state index contributed by atoms with van der Waals surface area (Å²) in [5.74, 6) is -0.518. The van der Waals surface area contributed by atoms with Crippen molar-refractivity contribution in [3.8, 4) is 0 Å². The third-order valence-electron chi connectivity index (χ3n) is 5.29. The minimum atomic E-state index is -0.253. The third-order valence-corrected chi connectivity index (χ3v) is 5.29. The number of para-hydroxylation sites is 1. The maximum absolute atomic E-state index is 14.0. The van der Waals surface area contributed by atoms with Gasteiger partial charge in [0.05, 0.1) is 11.4 Å². The highest BCUT2D eigenvalue weighted by atomic mass is 19.1. The Labute approximate surface area is 169 Å². The molecule has 2 aliphatic rings. The summed E-state index contributed by atoms with van der Waals surface area (Å²) in [4.78, 5) is 29.0. The van der Waals surface area contributed by atoms with E-state index in [0.29, 0.717) is 49.7 Å². The summed E-state index contributed by atoms with van der Waals surface area (Å²) in [6, 6.07) is 14.2. The number of anilines is 2. The summed E-state index contributed by atoms with van der Waals surface area (Å²) in [7, 11) is 0. The van der Waals surface area contributed by atoms with E-state index in [1.807, 2.05) is 42.2 Å². The molecule has 0 spiro atoms. The molecule has 0 bridgehead atoms. The minimum Gasteiger partial charge on any atom is -0.366 e. The number of hydrogen-bond acceptors (Lipinski definition) is 4. The Morgan fingerprint density at radius 3 is 2.48 bits per heavy atom. The SMILES string of the molecule is Cc1cccc(N2N=C(C(=O)N3CCN(c4ccccc4F)CC3)CCC2=O)c1. The highest BCUT2D eigenvalue weighted by Crippen LogP contribution is 2.23. The van der Waals surface area contributed by atoms with Crippen LogP contribution in [0.4, 0.5) is 15.8 Å². The Balaban J connectivity index is 1.46. The number of nitrogens with zero attached hydrogens (tertiary/aromatic N) is 4. The normalized spacial score (nSPS) is 17.4. The molecule has 0 unspecified atom stereocenters. The standard InChI is InChI=1S/C22H23FN4O2/c1-16-5-4-6-17(15-16)27-21(28)10-9-19(24-27)22(29)26-13-11-25(12-14-26)20-8-3-2-7-18(20)23/h2-8,15H,9-14H2,1H3. The number of aryl methyl sites for hydroxylation is 1. The van der Waals surface area contributed by atoms with Gasteiger partial charge < -0.3 is 9.80 Å². The lowest BCUT2D eigenvalue weighted by Gasteiger charge is -2.36. The first-order chi connectivity index (χ1) is 14.0. The van der Waals surface area contributed by atoms with Crippen LogP contribution in [-0.4, -0.2) is 48.6 Å². The average Bonchev–Trinajstić information content (AvgIpc) is 2.74. The van der Waals surface area contributed by atoms with Gasteiger partial charge in [-0.1, -0.05) is 24.3 Å². The average molecular weight is 394 g/mol. The molecular weight excluding hydrogens is 371 g/mol. The van der Waals surface area contributed by atoms with Gasteiger partial charge in [0, 0.05) is 39.0 Å². The molecule has 0 saturated carbocycles. The van der Waals surface area contributed by atoms with Crippen molar-refractivity contribution in [1.29, 1.82) is 0 Å². The number of benzene rings is 2. The zero-order chi connectivity index (χ0) is 20.4. The first kappa shape index (κ1) is 19.1. The molecule has 150 valence electrons. The van der Waals surface area contributed by atoms with Crippen LogP contribution < -0.4 is 9.91 Å². The Kier molecular flexibility index (Phi) is 5.29. The molecule has 2 aromatic carbocycles. The van der Waals surface area contributed by atoms with Gasteiger partial charge in [-0.2, -0.15) is 5.10 Å². The molecule has 4 rings (SSSR count). The first-order valence-electron chi connectivity index (χ1n) is 9.79. The number of rotatable bonds is 3. The second kappa shape index (κ2) is 8.03. The van der Waals surface area contributed by atoms with Crippen molar-refractivity contribution in [2.45, 2.75) is 19.8 Å². The summed E-state index contributed by atoms with van der Waals surface area (Å²) < 4.78 is 14.0. The van der Waals surface area contributed by atoms with Gasteiger partial charge in [0.1, 0.15) is 11.5 Å². The number of carbonyl (C=O) groups is 2. The summed E-state index contributed by atoms with van der Waals surface area (Å²) >= 11 is 0. The second-order valence-corrected chi connectivity index (χ2v) is 7.32. The molecule has 1 fully saturated rings. The molecule has 0 aliphatic carbocycles. The predicted molar refractivity (Wildman–Crippen MR) is 111 cm³/mol. The molecular formula is C22H23FN4O2. The van der Waals surface area contributed by atoms with Crippen molar-refractivity contribution in [3.05, 3.63) is 59.9 Å². The van der Waals surface area contributed by atoms with Crippen molar-refractivity contribution in [3.63, 3.8) is 0 Å². The quantitative estimate of drug-likeness (QED) is 0.804. The predicted octanol–water partition coefficient (Wildman–Crippen LogP) is 2.97. The lowest BCUT2D eigenvalue weighted by atomic mass is 10.1. The fourth-order valence-corrected chi connectivity index (χ4v) is 3.71. The molecule has 0 radical (unpaired) electrons. The molecule has 7 heteroatoms. The number of amides is 2. The van der Waals surface area contributed by atoms with Crippen molar-refractivity contribution in [2.24, 2.45) is 5.10 Å². The molecule has 2 aromatic rings. The molecule has 1 saturated heterocycles. The number of piperazine rings is 1. The van der Waals surface area contributed by atoms with Gasteiger partial charge in [-0.05, 0) is 36.8 Å². The molecule has 2 aliphatic heterocycles. The zero-order valence-electron chi connectivity index (χ0n) is 16.3. The summed E-state index contributed by atoms with van der Waals surface area (Å²) in [6.45, 7) is 4.04. The Morgan fingerprint density at radius 2 is 1.76 bits per heavy atom. The third kappa shape index (κ3) is 3.99. The van der Waals surface area contributed by atoms with Gasteiger partial charge in [-0.25, -0.2) is 9.40 Å².